The number of nitrogens with zero attached hydrogens (tertiary/aromatic N) is 2. The number of ether oxygens (including phenoxy) is 1. The molecule has 0 radical (unpaired) electrons. The van der Waals surface area contributed by atoms with Gasteiger partial charge < -0.3 is 10.1 Å². The van der Waals surface area contributed by atoms with Crippen molar-refractivity contribution in [3.05, 3.63) is 16.2 Å². The summed E-state index contributed by atoms with van der Waals surface area (Å²) in [4.78, 5) is 21.3. The van der Waals surface area contributed by atoms with Crippen molar-refractivity contribution in [2.45, 2.75) is 38.6 Å². The average Bonchev–Trinajstić information content (AvgIpc) is 3.07. The molecular weight excluding hydrogens is 310 g/mol. The maximum absolute atomic E-state index is 12.1. The van der Waals surface area contributed by atoms with Gasteiger partial charge in [0.2, 0.25) is 5.28 Å². The topological polar surface area (TPSA) is 64.1 Å². The van der Waals surface area contributed by atoms with Gasteiger partial charge in [0.15, 0.2) is 0 Å². The van der Waals surface area contributed by atoms with Crippen LogP contribution in [-0.2, 0) is 4.74 Å². The molecule has 0 bridgehead atoms. The molecule has 0 saturated heterocycles. The number of esters is 1. The molecule has 21 heavy (non-hydrogen) atoms. The van der Waals surface area contributed by atoms with Crippen molar-refractivity contribution in [1.82, 2.24) is 9.97 Å². The second kappa shape index (κ2) is 6.15. The number of carbonyl (C=O) groups excluding carboxylic acids is 1. The van der Waals surface area contributed by atoms with Crippen molar-refractivity contribution < 1.29 is 9.53 Å². The molecule has 1 saturated carbocycles. The van der Waals surface area contributed by atoms with E-state index in [0.29, 0.717) is 28.9 Å². The Bertz CT molecular complexity index is 668. The molecule has 2 aromatic rings. The highest BCUT2D eigenvalue weighted by molar-refractivity contribution is 7.17. The van der Waals surface area contributed by atoms with E-state index < -0.39 is 0 Å². The van der Waals surface area contributed by atoms with Crippen LogP contribution in [0, 0.1) is 0 Å². The molecule has 0 amide bonds. The van der Waals surface area contributed by atoms with E-state index in [1.807, 2.05) is 0 Å². The number of rotatable bonds is 4. The first kappa shape index (κ1) is 14.5. The first-order valence-corrected chi connectivity index (χ1v) is 8.33. The van der Waals surface area contributed by atoms with Crippen LogP contribution >= 0.6 is 22.9 Å². The maximum Gasteiger partial charge on any atom is 0.339 e. The number of thiophene rings is 1. The molecule has 1 aliphatic carbocycles. The molecule has 5 nitrogen and oxygen atoms in total. The molecule has 0 unspecified atom stereocenters. The van der Waals surface area contributed by atoms with Gasteiger partial charge >= 0.3 is 5.97 Å². The molecule has 112 valence electrons. The second-order valence-electron chi connectivity index (χ2n) is 5.02. The third kappa shape index (κ3) is 2.96. The van der Waals surface area contributed by atoms with Crippen LogP contribution in [-0.4, -0.2) is 28.6 Å². The Morgan fingerprint density at radius 3 is 2.95 bits per heavy atom. The highest BCUT2D eigenvalue weighted by atomic mass is 35.5. The lowest BCUT2D eigenvalue weighted by Gasteiger charge is -2.14. The highest BCUT2D eigenvalue weighted by Crippen LogP contribution is 2.33. The van der Waals surface area contributed by atoms with Crippen LogP contribution < -0.4 is 5.32 Å². The van der Waals surface area contributed by atoms with Gasteiger partial charge in [-0.05, 0) is 31.4 Å². The molecule has 1 aliphatic rings. The molecular formula is C14H16ClN3O2S. The number of anilines is 1. The van der Waals surface area contributed by atoms with Gasteiger partial charge in [-0.25, -0.2) is 14.8 Å². The summed E-state index contributed by atoms with van der Waals surface area (Å²) in [6.07, 6.45) is 4.66. The lowest BCUT2D eigenvalue weighted by Crippen LogP contribution is -2.16. The molecule has 0 aromatic carbocycles. The van der Waals surface area contributed by atoms with Crippen LogP contribution in [0.3, 0.4) is 0 Å². The molecule has 1 fully saturated rings. The summed E-state index contributed by atoms with van der Waals surface area (Å²) in [5, 5.41) is 6.08. The smallest absolute Gasteiger partial charge is 0.339 e. The normalized spacial score (nSPS) is 15.5. The van der Waals surface area contributed by atoms with Gasteiger partial charge in [-0.3, -0.25) is 0 Å². The molecule has 0 aliphatic heterocycles. The predicted octanol–water partition coefficient (Wildman–Crippen LogP) is 3.88. The Balaban J connectivity index is 2.03. The van der Waals surface area contributed by atoms with Crippen molar-refractivity contribution in [3.8, 4) is 0 Å². The summed E-state index contributed by atoms with van der Waals surface area (Å²) in [6.45, 7) is 2.13. The van der Waals surface area contributed by atoms with E-state index in [1.54, 1.807) is 12.3 Å². The lowest BCUT2D eigenvalue weighted by molar-refractivity contribution is 0.0529. The zero-order valence-electron chi connectivity index (χ0n) is 11.7. The molecule has 1 N–H and O–H groups in total. The van der Waals surface area contributed by atoms with E-state index in [0.717, 1.165) is 18.2 Å². The van der Waals surface area contributed by atoms with Crippen molar-refractivity contribution in [2.75, 3.05) is 11.9 Å². The SMILES string of the molecule is CCOC(=O)c1csc2nc(Cl)nc(NC3CCCC3)c12. The predicted molar refractivity (Wildman–Crippen MR) is 84.3 cm³/mol. The number of carbonyl (C=O) groups is 1. The number of fused-ring (bicyclic) bond motifs is 1. The van der Waals surface area contributed by atoms with Crippen molar-refractivity contribution in [1.29, 1.82) is 0 Å². The minimum Gasteiger partial charge on any atom is -0.462 e. The minimum atomic E-state index is -0.343. The van der Waals surface area contributed by atoms with Gasteiger partial charge in [-0.1, -0.05) is 12.8 Å². The zero-order valence-corrected chi connectivity index (χ0v) is 13.3. The van der Waals surface area contributed by atoms with Gasteiger partial charge in [-0.15, -0.1) is 11.3 Å². The van der Waals surface area contributed by atoms with Crippen LogP contribution in [0.4, 0.5) is 5.82 Å². The third-order valence-electron chi connectivity index (χ3n) is 3.60. The molecule has 2 heterocycles. The molecule has 7 heteroatoms. The fraction of sp³-hybridized carbons (Fsp3) is 0.500. The number of halogens is 1. The monoisotopic (exact) mass is 325 g/mol. The summed E-state index contributed by atoms with van der Waals surface area (Å²) >= 11 is 7.37. The third-order valence-corrected chi connectivity index (χ3v) is 4.64. The molecule has 0 spiro atoms. The van der Waals surface area contributed by atoms with Crippen molar-refractivity contribution >= 4 is 44.9 Å². The maximum atomic E-state index is 12.1. The van der Waals surface area contributed by atoms with Gasteiger partial charge in [0.1, 0.15) is 10.6 Å². The van der Waals surface area contributed by atoms with Gasteiger partial charge in [0.25, 0.3) is 0 Å². The Kier molecular flexibility index (Phi) is 4.26. The van der Waals surface area contributed by atoms with Gasteiger partial charge in [0.05, 0.1) is 17.6 Å². The van der Waals surface area contributed by atoms with Crippen molar-refractivity contribution in [3.63, 3.8) is 0 Å². The van der Waals surface area contributed by atoms with E-state index in [2.05, 4.69) is 15.3 Å². The van der Waals surface area contributed by atoms with Gasteiger partial charge in [-0.2, -0.15) is 0 Å². The average molecular weight is 326 g/mol. The lowest BCUT2D eigenvalue weighted by atomic mass is 10.2. The van der Waals surface area contributed by atoms with Gasteiger partial charge in [0, 0.05) is 11.4 Å². The van der Waals surface area contributed by atoms with Crippen LogP contribution in [0.1, 0.15) is 43.0 Å². The Hall–Kier alpha value is -1.40. The van der Waals surface area contributed by atoms with E-state index in [-0.39, 0.29) is 11.3 Å². The molecule has 2 aromatic heterocycles. The van der Waals surface area contributed by atoms with E-state index >= 15 is 0 Å². The number of aromatic nitrogens is 2. The zero-order chi connectivity index (χ0) is 14.8. The minimum absolute atomic E-state index is 0.195. The van der Waals surface area contributed by atoms with E-state index in [9.17, 15) is 4.79 Å². The number of nitrogens with one attached hydrogen (secondary N) is 1. The largest absolute Gasteiger partial charge is 0.462 e. The first-order valence-electron chi connectivity index (χ1n) is 7.07. The van der Waals surface area contributed by atoms with Crippen LogP contribution in [0.15, 0.2) is 5.38 Å². The fourth-order valence-corrected chi connectivity index (χ4v) is 3.77. The Labute approximate surface area is 131 Å². The van der Waals surface area contributed by atoms with Crippen LogP contribution in [0.2, 0.25) is 5.28 Å². The highest BCUT2D eigenvalue weighted by Gasteiger charge is 2.22. The second-order valence-corrected chi connectivity index (χ2v) is 6.21. The Morgan fingerprint density at radius 2 is 2.24 bits per heavy atom. The summed E-state index contributed by atoms with van der Waals surface area (Å²) in [5.41, 5.74) is 0.508. The fourth-order valence-electron chi connectivity index (χ4n) is 2.64. The van der Waals surface area contributed by atoms with E-state index in [4.69, 9.17) is 16.3 Å². The standard InChI is InChI=1S/C14H16ClN3O2S/c1-2-20-13(19)9-7-21-12-10(9)11(17-14(15)18-12)16-8-5-3-4-6-8/h7-8H,2-6H2,1H3,(H,16,17,18). The Morgan fingerprint density at radius 1 is 1.48 bits per heavy atom. The van der Waals surface area contributed by atoms with Crippen molar-refractivity contribution in [2.24, 2.45) is 0 Å². The first-order chi connectivity index (χ1) is 10.2. The number of hydrogen-bond acceptors (Lipinski definition) is 6. The number of hydrogen-bond donors (Lipinski definition) is 1. The van der Waals surface area contributed by atoms with Crippen LogP contribution in [0.25, 0.3) is 10.2 Å². The summed E-state index contributed by atoms with van der Waals surface area (Å²) in [6, 6.07) is 0.383. The summed E-state index contributed by atoms with van der Waals surface area (Å²) in [5.74, 6) is 0.297. The summed E-state index contributed by atoms with van der Waals surface area (Å²) in [7, 11) is 0. The van der Waals surface area contributed by atoms with Crippen LogP contribution in [0.5, 0.6) is 0 Å². The molecule has 3 rings (SSSR count). The quantitative estimate of drug-likeness (QED) is 0.682. The van der Waals surface area contributed by atoms with E-state index in [1.165, 1.54) is 24.2 Å². The molecule has 0 atom stereocenters. The summed E-state index contributed by atoms with van der Waals surface area (Å²) < 4.78 is 5.10.